The number of benzene rings is 1. The number of fused-ring (bicyclic) bond motifs is 1. The van der Waals surface area contributed by atoms with Crippen molar-refractivity contribution in [2.45, 2.75) is 82.7 Å². The minimum Gasteiger partial charge on any atom is -0.326 e. The Morgan fingerprint density at radius 1 is 0.893 bits per heavy atom. The molecule has 1 aromatic rings. The van der Waals surface area contributed by atoms with Crippen LogP contribution in [0.15, 0.2) is 24.3 Å². The monoisotopic (exact) mass is 383 g/mol. The van der Waals surface area contributed by atoms with E-state index in [0.29, 0.717) is 12.5 Å². The van der Waals surface area contributed by atoms with E-state index < -0.39 is 0 Å². The van der Waals surface area contributed by atoms with Gasteiger partial charge in [-0.15, -0.1) is 0 Å². The van der Waals surface area contributed by atoms with Gasteiger partial charge in [-0.2, -0.15) is 0 Å². The van der Waals surface area contributed by atoms with Crippen molar-refractivity contribution in [1.29, 1.82) is 0 Å². The smallest absolute Gasteiger partial charge is 0.224 e. The largest absolute Gasteiger partial charge is 0.326 e. The first-order valence-electron chi connectivity index (χ1n) is 11.7. The first-order chi connectivity index (χ1) is 13.8. The summed E-state index contributed by atoms with van der Waals surface area (Å²) in [5.41, 5.74) is 2.36. The van der Waals surface area contributed by atoms with E-state index in [9.17, 15) is 4.79 Å². The van der Waals surface area contributed by atoms with Crippen LogP contribution in [0.1, 0.15) is 82.2 Å². The highest BCUT2D eigenvalue weighted by atomic mass is 16.1. The number of piperidine rings is 2. The summed E-state index contributed by atoms with van der Waals surface area (Å²) >= 11 is 0. The lowest BCUT2D eigenvalue weighted by atomic mass is 10.0. The van der Waals surface area contributed by atoms with E-state index in [0.717, 1.165) is 31.1 Å². The number of rotatable bonds is 7. The summed E-state index contributed by atoms with van der Waals surface area (Å²) < 4.78 is 0. The minimum absolute atomic E-state index is 0.156. The van der Waals surface area contributed by atoms with Crippen LogP contribution in [-0.4, -0.2) is 47.9 Å². The van der Waals surface area contributed by atoms with Gasteiger partial charge in [0, 0.05) is 24.2 Å². The van der Waals surface area contributed by atoms with Crippen molar-refractivity contribution in [3.8, 4) is 0 Å². The summed E-state index contributed by atoms with van der Waals surface area (Å²) in [6, 6.07) is 10.0. The third kappa shape index (κ3) is 5.15. The molecule has 4 heteroatoms. The highest BCUT2D eigenvalue weighted by Gasteiger charge is 2.35. The third-order valence-electron chi connectivity index (χ3n) is 7.00. The Bertz CT molecular complexity index is 623. The standard InChI is InChI=1S/C24H37N3O/c28-24(9-3-6-18-26-16-4-1-5-17-26)25-21-12-10-20(11-13-21)23-15-14-22-8-2-7-19-27(22)23/h10-13,22-23H,1-9,14-19H2,(H,25,28). The summed E-state index contributed by atoms with van der Waals surface area (Å²) in [7, 11) is 0. The van der Waals surface area contributed by atoms with Crippen molar-refractivity contribution in [1.82, 2.24) is 9.80 Å². The van der Waals surface area contributed by atoms with Crippen LogP contribution in [0.3, 0.4) is 0 Å². The van der Waals surface area contributed by atoms with Crippen LogP contribution in [0.4, 0.5) is 5.69 Å². The Labute approximate surface area is 170 Å². The molecule has 3 aliphatic rings. The van der Waals surface area contributed by atoms with Gasteiger partial charge in [0.2, 0.25) is 5.91 Å². The average molecular weight is 384 g/mol. The van der Waals surface area contributed by atoms with E-state index in [-0.39, 0.29) is 5.91 Å². The van der Waals surface area contributed by atoms with Crippen LogP contribution in [-0.2, 0) is 4.79 Å². The summed E-state index contributed by atoms with van der Waals surface area (Å²) in [6.45, 7) is 4.90. The van der Waals surface area contributed by atoms with Gasteiger partial charge in [-0.3, -0.25) is 9.69 Å². The van der Waals surface area contributed by atoms with Gasteiger partial charge in [0.05, 0.1) is 0 Å². The van der Waals surface area contributed by atoms with Crippen LogP contribution in [0, 0.1) is 0 Å². The second-order valence-corrected chi connectivity index (χ2v) is 9.01. The maximum atomic E-state index is 12.3. The number of anilines is 1. The summed E-state index contributed by atoms with van der Waals surface area (Å²) in [6.07, 6.45) is 13.6. The van der Waals surface area contributed by atoms with E-state index in [4.69, 9.17) is 0 Å². The zero-order chi connectivity index (χ0) is 19.2. The normalized spacial score (nSPS) is 26.1. The lowest BCUT2D eigenvalue weighted by molar-refractivity contribution is -0.116. The molecule has 0 spiro atoms. The van der Waals surface area contributed by atoms with Crippen LogP contribution >= 0.6 is 0 Å². The maximum absolute atomic E-state index is 12.3. The second-order valence-electron chi connectivity index (χ2n) is 9.01. The number of carbonyl (C=O) groups is 1. The van der Waals surface area contributed by atoms with Gasteiger partial charge in [0.1, 0.15) is 0 Å². The number of nitrogens with zero attached hydrogens (tertiary/aromatic N) is 2. The lowest BCUT2D eigenvalue weighted by Crippen LogP contribution is -2.35. The van der Waals surface area contributed by atoms with Gasteiger partial charge < -0.3 is 10.2 Å². The fraction of sp³-hybridized carbons (Fsp3) is 0.708. The SMILES string of the molecule is O=C(CCCCN1CCCCC1)Nc1ccc(C2CCC3CCCCN32)cc1. The lowest BCUT2D eigenvalue weighted by Gasteiger charge is -2.34. The van der Waals surface area contributed by atoms with Gasteiger partial charge in [0.15, 0.2) is 0 Å². The molecule has 28 heavy (non-hydrogen) atoms. The molecule has 4 nitrogen and oxygen atoms in total. The van der Waals surface area contributed by atoms with E-state index >= 15 is 0 Å². The average Bonchev–Trinajstić information content (AvgIpc) is 3.17. The van der Waals surface area contributed by atoms with Gasteiger partial charge in [-0.1, -0.05) is 25.0 Å². The molecule has 3 heterocycles. The molecule has 2 unspecified atom stereocenters. The summed E-state index contributed by atoms with van der Waals surface area (Å²) in [4.78, 5) is 17.5. The molecule has 0 radical (unpaired) electrons. The first kappa shape index (κ1) is 19.9. The van der Waals surface area contributed by atoms with E-state index in [2.05, 4.69) is 39.4 Å². The van der Waals surface area contributed by atoms with E-state index in [1.54, 1.807) is 0 Å². The van der Waals surface area contributed by atoms with Crippen molar-refractivity contribution in [3.05, 3.63) is 29.8 Å². The van der Waals surface area contributed by atoms with Gasteiger partial charge >= 0.3 is 0 Å². The van der Waals surface area contributed by atoms with Crippen molar-refractivity contribution < 1.29 is 4.79 Å². The molecule has 2 atom stereocenters. The zero-order valence-electron chi connectivity index (χ0n) is 17.4. The number of carbonyl (C=O) groups excluding carboxylic acids is 1. The number of nitrogens with one attached hydrogen (secondary N) is 1. The molecular formula is C24H37N3O. The predicted molar refractivity (Wildman–Crippen MR) is 116 cm³/mol. The van der Waals surface area contributed by atoms with Gasteiger partial charge in [-0.25, -0.2) is 0 Å². The molecule has 3 fully saturated rings. The molecule has 1 N–H and O–H groups in total. The first-order valence-corrected chi connectivity index (χ1v) is 11.7. The fourth-order valence-corrected chi connectivity index (χ4v) is 5.43. The Hall–Kier alpha value is -1.39. The molecule has 1 amide bonds. The predicted octanol–water partition coefficient (Wildman–Crippen LogP) is 4.97. The molecular weight excluding hydrogens is 346 g/mol. The van der Waals surface area contributed by atoms with E-state index in [1.807, 2.05) is 0 Å². The molecule has 1 aromatic carbocycles. The summed E-state index contributed by atoms with van der Waals surface area (Å²) in [5.74, 6) is 0.156. The van der Waals surface area contributed by atoms with Crippen molar-refractivity contribution in [2.75, 3.05) is 31.5 Å². The Balaban J connectivity index is 1.19. The topological polar surface area (TPSA) is 35.6 Å². The molecule has 3 aliphatic heterocycles. The van der Waals surface area contributed by atoms with Gasteiger partial charge in [-0.05, 0) is 95.2 Å². The van der Waals surface area contributed by atoms with Crippen LogP contribution in [0.5, 0.6) is 0 Å². The molecule has 0 bridgehead atoms. The van der Waals surface area contributed by atoms with Crippen molar-refractivity contribution >= 4 is 11.6 Å². The van der Waals surface area contributed by atoms with Crippen LogP contribution in [0.25, 0.3) is 0 Å². The third-order valence-corrected chi connectivity index (χ3v) is 7.00. The van der Waals surface area contributed by atoms with Crippen molar-refractivity contribution in [2.24, 2.45) is 0 Å². The van der Waals surface area contributed by atoms with Crippen LogP contribution < -0.4 is 5.32 Å². The Morgan fingerprint density at radius 3 is 2.50 bits per heavy atom. The number of hydrogen-bond donors (Lipinski definition) is 1. The number of amides is 1. The highest BCUT2D eigenvalue weighted by molar-refractivity contribution is 5.90. The quantitative estimate of drug-likeness (QED) is 0.675. The van der Waals surface area contributed by atoms with Crippen molar-refractivity contribution in [3.63, 3.8) is 0 Å². The number of unbranched alkanes of at least 4 members (excludes halogenated alkanes) is 1. The molecule has 3 saturated heterocycles. The molecule has 0 aromatic heterocycles. The zero-order valence-corrected chi connectivity index (χ0v) is 17.4. The fourth-order valence-electron chi connectivity index (χ4n) is 5.43. The minimum atomic E-state index is 0.156. The van der Waals surface area contributed by atoms with E-state index in [1.165, 1.54) is 76.6 Å². The second kappa shape index (κ2) is 9.89. The Morgan fingerprint density at radius 2 is 1.68 bits per heavy atom. The highest BCUT2D eigenvalue weighted by Crippen LogP contribution is 2.40. The summed E-state index contributed by atoms with van der Waals surface area (Å²) in [5, 5.41) is 3.09. The van der Waals surface area contributed by atoms with Crippen LogP contribution in [0.2, 0.25) is 0 Å². The number of likely N-dealkylation sites (tertiary alicyclic amines) is 1. The Kier molecular flexibility index (Phi) is 7.03. The molecule has 154 valence electrons. The molecule has 0 saturated carbocycles. The molecule has 0 aliphatic carbocycles. The van der Waals surface area contributed by atoms with Gasteiger partial charge in [0.25, 0.3) is 0 Å². The molecule has 4 rings (SSSR count). The number of hydrogen-bond acceptors (Lipinski definition) is 3. The maximum Gasteiger partial charge on any atom is 0.224 e.